The molecule has 0 fully saturated rings. The van der Waals surface area contributed by atoms with Crippen molar-refractivity contribution < 1.29 is 0 Å². The Morgan fingerprint density at radius 2 is 2.00 bits per heavy atom. The first-order valence-electron chi connectivity index (χ1n) is 5.04. The number of rotatable bonds is 5. The summed E-state index contributed by atoms with van der Waals surface area (Å²) in [4.78, 5) is 8.80. The quantitative estimate of drug-likeness (QED) is 0.706. The Kier molecular flexibility index (Phi) is 4.40. The predicted octanol–water partition coefficient (Wildman–Crippen LogP) is 1.47. The van der Waals surface area contributed by atoms with Crippen molar-refractivity contribution in [3.63, 3.8) is 0 Å². The summed E-state index contributed by atoms with van der Waals surface area (Å²) in [6.07, 6.45) is 1.84. The molecule has 1 aromatic rings. The largest absolute Gasteiger partial charge is 0.356 e. The second-order valence-electron chi connectivity index (χ2n) is 3.57. The summed E-state index contributed by atoms with van der Waals surface area (Å²) in [5.74, 6) is 1.07. The molecular formula is C11H19N3. The highest BCUT2D eigenvalue weighted by molar-refractivity contribution is 5.37. The van der Waals surface area contributed by atoms with E-state index < -0.39 is 0 Å². The van der Waals surface area contributed by atoms with Gasteiger partial charge < -0.3 is 9.80 Å². The Balaban J connectivity index is 2.54. The van der Waals surface area contributed by atoms with Gasteiger partial charge in [0.05, 0.1) is 0 Å². The lowest BCUT2D eigenvalue weighted by atomic mass is 10.4. The van der Waals surface area contributed by atoms with Gasteiger partial charge in [0.2, 0.25) is 0 Å². The molecule has 3 heteroatoms. The fourth-order valence-corrected chi connectivity index (χ4v) is 1.30. The van der Waals surface area contributed by atoms with Crippen LogP contribution in [0.2, 0.25) is 0 Å². The molecule has 0 aliphatic heterocycles. The van der Waals surface area contributed by atoms with E-state index in [1.807, 2.05) is 18.3 Å². The molecule has 1 heterocycles. The van der Waals surface area contributed by atoms with Gasteiger partial charge in [0.15, 0.2) is 0 Å². The van der Waals surface area contributed by atoms with Gasteiger partial charge >= 0.3 is 0 Å². The number of hydrogen-bond acceptors (Lipinski definition) is 3. The molecule has 0 saturated carbocycles. The highest BCUT2D eigenvalue weighted by atomic mass is 15.2. The monoisotopic (exact) mass is 193 g/mol. The Bertz CT molecular complexity index is 246. The van der Waals surface area contributed by atoms with Gasteiger partial charge in [-0.05, 0) is 33.2 Å². The molecule has 0 radical (unpaired) electrons. The third-order valence-corrected chi connectivity index (χ3v) is 2.17. The lowest BCUT2D eigenvalue weighted by Crippen LogP contribution is -2.32. The van der Waals surface area contributed by atoms with Crippen LogP contribution in [0.5, 0.6) is 0 Å². The summed E-state index contributed by atoms with van der Waals surface area (Å²) >= 11 is 0. The summed E-state index contributed by atoms with van der Waals surface area (Å²) in [5, 5.41) is 0. The van der Waals surface area contributed by atoms with Crippen LogP contribution in [-0.2, 0) is 0 Å². The normalized spacial score (nSPS) is 10.6. The number of anilines is 1. The minimum absolute atomic E-state index is 1.00. The average Bonchev–Trinajstić information content (AvgIpc) is 2.20. The van der Waals surface area contributed by atoms with Crippen LogP contribution in [0.15, 0.2) is 24.4 Å². The number of likely N-dealkylation sites (N-methyl/N-ethyl adjacent to an activating group) is 2. The van der Waals surface area contributed by atoms with Crippen molar-refractivity contribution in [2.24, 2.45) is 0 Å². The van der Waals surface area contributed by atoms with Crippen molar-refractivity contribution >= 4 is 5.82 Å². The van der Waals surface area contributed by atoms with Crippen LogP contribution in [0.3, 0.4) is 0 Å². The molecule has 0 bridgehead atoms. The number of aromatic nitrogens is 1. The minimum atomic E-state index is 1.00. The van der Waals surface area contributed by atoms with Crippen molar-refractivity contribution in [2.75, 3.05) is 38.6 Å². The molecule has 0 N–H and O–H groups in total. The summed E-state index contributed by atoms with van der Waals surface area (Å²) in [5.41, 5.74) is 0. The van der Waals surface area contributed by atoms with Crippen molar-refractivity contribution in [1.29, 1.82) is 0 Å². The first kappa shape index (κ1) is 11.0. The summed E-state index contributed by atoms with van der Waals surface area (Å²) < 4.78 is 0. The van der Waals surface area contributed by atoms with E-state index in [0.717, 1.165) is 25.5 Å². The van der Waals surface area contributed by atoms with Crippen LogP contribution in [0, 0.1) is 0 Å². The van der Waals surface area contributed by atoms with Gasteiger partial charge in [-0.3, -0.25) is 0 Å². The van der Waals surface area contributed by atoms with E-state index in [2.05, 4.69) is 41.9 Å². The van der Waals surface area contributed by atoms with E-state index in [-0.39, 0.29) is 0 Å². The first-order valence-corrected chi connectivity index (χ1v) is 5.04. The zero-order valence-electron chi connectivity index (χ0n) is 9.27. The molecule has 78 valence electrons. The maximum atomic E-state index is 4.34. The molecule has 1 aromatic heterocycles. The maximum absolute atomic E-state index is 4.34. The van der Waals surface area contributed by atoms with E-state index in [1.165, 1.54) is 0 Å². The molecule has 14 heavy (non-hydrogen) atoms. The molecule has 0 amide bonds. The van der Waals surface area contributed by atoms with Crippen molar-refractivity contribution in [3.8, 4) is 0 Å². The Morgan fingerprint density at radius 3 is 2.50 bits per heavy atom. The fraction of sp³-hybridized carbons (Fsp3) is 0.545. The molecule has 0 atom stereocenters. The third-order valence-electron chi connectivity index (χ3n) is 2.17. The number of nitrogens with zero attached hydrogens (tertiary/aromatic N) is 3. The van der Waals surface area contributed by atoms with Crippen molar-refractivity contribution in [1.82, 2.24) is 9.88 Å². The predicted molar refractivity (Wildman–Crippen MR) is 60.7 cm³/mol. The summed E-state index contributed by atoms with van der Waals surface area (Å²) in [7, 11) is 4.18. The highest BCUT2D eigenvalue weighted by Gasteiger charge is 2.04. The van der Waals surface area contributed by atoms with Crippen LogP contribution in [0.4, 0.5) is 5.82 Å². The average molecular weight is 193 g/mol. The molecule has 3 nitrogen and oxygen atoms in total. The lowest BCUT2D eigenvalue weighted by molar-refractivity contribution is 0.413. The van der Waals surface area contributed by atoms with Gasteiger partial charge in [-0.15, -0.1) is 0 Å². The van der Waals surface area contributed by atoms with Crippen molar-refractivity contribution in [3.05, 3.63) is 24.4 Å². The first-order chi connectivity index (χ1) is 6.74. The number of hydrogen-bond donors (Lipinski definition) is 0. The maximum Gasteiger partial charge on any atom is 0.128 e. The zero-order valence-corrected chi connectivity index (χ0v) is 9.27. The number of pyridine rings is 1. The van der Waals surface area contributed by atoms with Crippen molar-refractivity contribution in [2.45, 2.75) is 6.92 Å². The van der Waals surface area contributed by atoms with Gasteiger partial charge in [-0.25, -0.2) is 4.98 Å². The van der Waals surface area contributed by atoms with Crippen LogP contribution in [0.25, 0.3) is 0 Å². The second kappa shape index (κ2) is 5.60. The second-order valence-corrected chi connectivity index (χ2v) is 3.57. The van der Waals surface area contributed by atoms with Crippen LogP contribution < -0.4 is 4.90 Å². The Hall–Kier alpha value is -1.09. The Morgan fingerprint density at radius 1 is 1.21 bits per heavy atom. The van der Waals surface area contributed by atoms with Gasteiger partial charge in [-0.1, -0.05) is 6.07 Å². The molecule has 0 saturated heterocycles. The molecule has 0 aliphatic rings. The van der Waals surface area contributed by atoms with Crippen LogP contribution >= 0.6 is 0 Å². The molecule has 0 aliphatic carbocycles. The van der Waals surface area contributed by atoms with E-state index in [1.54, 1.807) is 0 Å². The van der Waals surface area contributed by atoms with Crippen LogP contribution in [-0.4, -0.2) is 43.6 Å². The molecule has 1 rings (SSSR count). The molecular weight excluding hydrogens is 174 g/mol. The molecule has 0 unspecified atom stereocenters. The van der Waals surface area contributed by atoms with E-state index >= 15 is 0 Å². The fourth-order valence-electron chi connectivity index (χ4n) is 1.30. The molecule has 0 spiro atoms. The minimum Gasteiger partial charge on any atom is -0.356 e. The SMILES string of the molecule is CCN(CCN(C)C)c1ccccn1. The molecule has 0 aromatic carbocycles. The Labute approximate surface area is 86.4 Å². The van der Waals surface area contributed by atoms with Gasteiger partial charge in [0.25, 0.3) is 0 Å². The van der Waals surface area contributed by atoms with Gasteiger partial charge in [0.1, 0.15) is 5.82 Å². The third kappa shape index (κ3) is 3.34. The smallest absolute Gasteiger partial charge is 0.128 e. The topological polar surface area (TPSA) is 19.4 Å². The standard InChI is InChI=1S/C11H19N3/c1-4-14(10-9-13(2)3)11-7-5-6-8-12-11/h5-8H,4,9-10H2,1-3H3. The van der Waals surface area contributed by atoms with E-state index in [9.17, 15) is 0 Å². The van der Waals surface area contributed by atoms with E-state index in [4.69, 9.17) is 0 Å². The summed E-state index contributed by atoms with van der Waals surface area (Å²) in [6, 6.07) is 6.03. The van der Waals surface area contributed by atoms with Gasteiger partial charge in [0, 0.05) is 25.8 Å². The van der Waals surface area contributed by atoms with Crippen LogP contribution in [0.1, 0.15) is 6.92 Å². The lowest BCUT2D eigenvalue weighted by Gasteiger charge is -2.23. The summed E-state index contributed by atoms with van der Waals surface area (Å²) in [6.45, 7) is 5.25. The van der Waals surface area contributed by atoms with Gasteiger partial charge in [-0.2, -0.15) is 0 Å². The highest BCUT2D eigenvalue weighted by Crippen LogP contribution is 2.07. The van der Waals surface area contributed by atoms with E-state index in [0.29, 0.717) is 0 Å². The zero-order chi connectivity index (χ0) is 10.4.